The van der Waals surface area contributed by atoms with Crippen molar-refractivity contribution < 1.29 is 14.7 Å². The molecule has 0 fully saturated rings. The SMILES string of the molecule is O=C(O)CCCNC(=O)CCc1cccc(Cl)c1. The number of aryl methyl sites for hydroxylation is 1. The number of nitrogens with one attached hydrogen (secondary N) is 1. The smallest absolute Gasteiger partial charge is 0.303 e. The van der Waals surface area contributed by atoms with E-state index in [1.165, 1.54) is 0 Å². The van der Waals surface area contributed by atoms with Crippen molar-refractivity contribution in [2.24, 2.45) is 0 Å². The zero-order chi connectivity index (χ0) is 13.4. The van der Waals surface area contributed by atoms with Crippen molar-refractivity contribution in [2.75, 3.05) is 6.54 Å². The topological polar surface area (TPSA) is 66.4 Å². The molecule has 0 aliphatic rings. The monoisotopic (exact) mass is 269 g/mol. The van der Waals surface area contributed by atoms with Crippen LogP contribution >= 0.6 is 11.6 Å². The summed E-state index contributed by atoms with van der Waals surface area (Å²) in [6.07, 6.45) is 1.55. The fourth-order valence-electron chi connectivity index (χ4n) is 1.51. The van der Waals surface area contributed by atoms with E-state index in [1.807, 2.05) is 18.2 Å². The third kappa shape index (κ3) is 6.25. The summed E-state index contributed by atoms with van der Waals surface area (Å²) in [5, 5.41) is 11.8. The number of carbonyl (C=O) groups is 2. The van der Waals surface area contributed by atoms with Gasteiger partial charge in [-0.05, 0) is 30.5 Å². The van der Waals surface area contributed by atoms with Crippen molar-refractivity contribution in [3.05, 3.63) is 34.9 Å². The van der Waals surface area contributed by atoms with Crippen LogP contribution in [0.2, 0.25) is 5.02 Å². The highest BCUT2D eigenvalue weighted by molar-refractivity contribution is 6.30. The summed E-state index contributed by atoms with van der Waals surface area (Å²) < 4.78 is 0. The molecule has 0 saturated heterocycles. The first-order valence-electron chi connectivity index (χ1n) is 5.81. The van der Waals surface area contributed by atoms with Gasteiger partial charge in [0.05, 0.1) is 0 Å². The molecule has 18 heavy (non-hydrogen) atoms. The van der Waals surface area contributed by atoms with Crippen molar-refractivity contribution in [1.82, 2.24) is 5.32 Å². The molecule has 1 amide bonds. The zero-order valence-corrected chi connectivity index (χ0v) is 10.7. The minimum atomic E-state index is -0.844. The average molecular weight is 270 g/mol. The molecule has 0 unspecified atom stereocenters. The number of benzene rings is 1. The highest BCUT2D eigenvalue weighted by Crippen LogP contribution is 2.11. The summed E-state index contributed by atoms with van der Waals surface area (Å²) >= 11 is 5.84. The molecule has 2 N–H and O–H groups in total. The minimum absolute atomic E-state index is 0.0691. The lowest BCUT2D eigenvalue weighted by atomic mass is 10.1. The van der Waals surface area contributed by atoms with Gasteiger partial charge in [0.25, 0.3) is 0 Å². The van der Waals surface area contributed by atoms with Gasteiger partial charge < -0.3 is 10.4 Å². The molecular weight excluding hydrogens is 254 g/mol. The van der Waals surface area contributed by atoms with E-state index >= 15 is 0 Å². The predicted octanol–water partition coefficient (Wildman–Crippen LogP) is 2.25. The molecule has 0 heterocycles. The molecule has 0 saturated carbocycles. The molecule has 1 aromatic carbocycles. The molecule has 0 bridgehead atoms. The Kier molecular flexibility index (Phi) is 6.22. The summed E-state index contributed by atoms with van der Waals surface area (Å²) in [6, 6.07) is 7.39. The number of aliphatic carboxylic acids is 1. The maximum absolute atomic E-state index is 11.5. The second-order valence-corrected chi connectivity index (χ2v) is 4.41. The lowest BCUT2D eigenvalue weighted by Gasteiger charge is -2.04. The van der Waals surface area contributed by atoms with Gasteiger partial charge in [0.2, 0.25) is 5.91 Å². The first-order valence-corrected chi connectivity index (χ1v) is 6.18. The summed E-state index contributed by atoms with van der Waals surface area (Å²) in [7, 11) is 0. The Balaban J connectivity index is 2.19. The van der Waals surface area contributed by atoms with Crippen LogP contribution in [0.1, 0.15) is 24.8 Å². The van der Waals surface area contributed by atoms with Crippen LogP contribution in [-0.2, 0) is 16.0 Å². The van der Waals surface area contributed by atoms with Crippen LogP contribution in [0.5, 0.6) is 0 Å². The Morgan fingerprint density at radius 3 is 2.72 bits per heavy atom. The number of halogens is 1. The normalized spacial score (nSPS) is 10.1. The molecule has 1 aromatic rings. The third-order valence-corrected chi connectivity index (χ3v) is 2.65. The molecule has 0 aliphatic carbocycles. The minimum Gasteiger partial charge on any atom is -0.481 e. The summed E-state index contributed by atoms with van der Waals surface area (Å²) in [4.78, 5) is 21.7. The van der Waals surface area contributed by atoms with Crippen molar-refractivity contribution in [1.29, 1.82) is 0 Å². The van der Waals surface area contributed by atoms with E-state index in [9.17, 15) is 9.59 Å². The molecule has 5 heteroatoms. The Labute approximate surface area is 111 Å². The van der Waals surface area contributed by atoms with E-state index in [4.69, 9.17) is 16.7 Å². The molecule has 1 rings (SSSR count). The molecule has 0 aromatic heterocycles. The van der Waals surface area contributed by atoms with Crippen LogP contribution in [0, 0.1) is 0 Å². The van der Waals surface area contributed by atoms with Gasteiger partial charge in [0.1, 0.15) is 0 Å². The highest BCUT2D eigenvalue weighted by Gasteiger charge is 2.03. The average Bonchev–Trinajstić information content (AvgIpc) is 2.32. The van der Waals surface area contributed by atoms with Crippen LogP contribution in [0.25, 0.3) is 0 Å². The molecule has 0 aliphatic heterocycles. The second-order valence-electron chi connectivity index (χ2n) is 3.98. The fourth-order valence-corrected chi connectivity index (χ4v) is 1.72. The maximum Gasteiger partial charge on any atom is 0.303 e. The molecular formula is C13H16ClNO3. The van der Waals surface area contributed by atoms with Gasteiger partial charge >= 0.3 is 5.97 Å². The molecule has 0 atom stereocenters. The van der Waals surface area contributed by atoms with E-state index in [2.05, 4.69) is 5.32 Å². The molecule has 0 spiro atoms. The van der Waals surface area contributed by atoms with E-state index < -0.39 is 5.97 Å². The Morgan fingerprint density at radius 1 is 1.28 bits per heavy atom. The number of hydrogen-bond donors (Lipinski definition) is 2. The third-order valence-electron chi connectivity index (χ3n) is 2.42. The number of carbonyl (C=O) groups excluding carboxylic acids is 1. The number of carboxylic acid groups (broad SMARTS) is 1. The quantitative estimate of drug-likeness (QED) is 0.746. The van der Waals surface area contributed by atoms with Crippen LogP contribution in [-0.4, -0.2) is 23.5 Å². The fraction of sp³-hybridized carbons (Fsp3) is 0.385. The van der Waals surface area contributed by atoms with E-state index in [1.54, 1.807) is 6.07 Å². The van der Waals surface area contributed by atoms with Crippen LogP contribution in [0.3, 0.4) is 0 Å². The maximum atomic E-state index is 11.5. The van der Waals surface area contributed by atoms with Gasteiger partial charge in [0.15, 0.2) is 0 Å². The number of rotatable bonds is 7. The van der Waals surface area contributed by atoms with E-state index in [0.717, 1.165) is 5.56 Å². The summed E-state index contributed by atoms with van der Waals surface area (Å²) in [5.41, 5.74) is 1.02. The molecule has 98 valence electrons. The number of hydrogen-bond acceptors (Lipinski definition) is 2. The summed E-state index contributed by atoms with van der Waals surface area (Å²) in [5.74, 6) is -0.913. The summed E-state index contributed by atoms with van der Waals surface area (Å²) in [6.45, 7) is 0.403. The van der Waals surface area contributed by atoms with Crippen molar-refractivity contribution in [2.45, 2.75) is 25.7 Å². The number of amides is 1. The van der Waals surface area contributed by atoms with Crippen molar-refractivity contribution in [3.8, 4) is 0 Å². The Hall–Kier alpha value is -1.55. The molecule has 4 nitrogen and oxygen atoms in total. The first kappa shape index (κ1) is 14.5. The van der Waals surface area contributed by atoms with Crippen LogP contribution in [0.4, 0.5) is 0 Å². The zero-order valence-electron chi connectivity index (χ0n) is 9.99. The van der Waals surface area contributed by atoms with Crippen molar-refractivity contribution >= 4 is 23.5 Å². The van der Waals surface area contributed by atoms with Gasteiger partial charge in [-0.2, -0.15) is 0 Å². The van der Waals surface area contributed by atoms with E-state index in [-0.39, 0.29) is 12.3 Å². The van der Waals surface area contributed by atoms with Gasteiger partial charge in [-0.1, -0.05) is 23.7 Å². The van der Waals surface area contributed by atoms with Gasteiger partial charge in [0, 0.05) is 24.4 Å². The lowest BCUT2D eigenvalue weighted by Crippen LogP contribution is -2.25. The molecule has 0 radical (unpaired) electrons. The van der Waals surface area contributed by atoms with Gasteiger partial charge in [-0.25, -0.2) is 0 Å². The predicted molar refractivity (Wildman–Crippen MR) is 69.7 cm³/mol. The van der Waals surface area contributed by atoms with Crippen LogP contribution in [0.15, 0.2) is 24.3 Å². The van der Waals surface area contributed by atoms with Gasteiger partial charge in [-0.3, -0.25) is 9.59 Å². The highest BCUT2D eigenvalue weighted by atomic mass is 35.5. The number of carboxylic acids is 1. The standard InChI is InChI=1S/C13H16ClNO3/c14-11-4-1-3-10(9-11)6-7-12(16)15-8-2-5-13(17)18/h1,3-4,9H,2,5-8H2,(H,15,16)(H,17,18). The lowest BCUT2D eigenvalue weighted by molar-refractivity contribution is -0.137. The van der Waals surface area contributed by atoms with E-state index in [0.29, 0.717) is 30.8 Å². The Morgan fingerprint density at radius 2 is 2.06 bits per heavy atom. The van der Waals surface area contributed by atoms with Gasteiger partial charge in [-0.15, -0.1) is 0 Å². The Bertz CT molecular complexity index is 420. The first-order chi connectivity index (χ1) is 8.58. The second kappa shape index (κ2) is 7.71. The largest absolute Gasteiger partial charge is 0.481 e. The van der Waals surface area contributed by atoms with Crippen LogP contribution < -0.4 is 5.32 Å². The van der Waals surface area contributed by atoms with Crippen molar-refractivity contribution in [3.63, 3.8) is 0 Å².